The van der Waals surface area contributed by atoms with Gasteiger partial charge in [-0.2, -0.15) is 0 Å². The quantitative estimate of drug-likeness (QED) is 0.291. The number of nitro benzene ring substituents is 1. The molecular formula is C25H22N4O3S. The molecule has 1 amide bonds. The molecule has 1 aromatic heterocycles. The fourth-order valence-corrected chi connectivity index (χ4v) is 5.27. The number of aromatic nitrogens is 1. The standard InChI is InChI=1S/C25H22N4O3S/c1-16-18(25-27-20-8-2-3-10-23(20)33-25)7-6-9-19(16)26-24(30)17-11-12-21(22(15-17)29(31)32)28-13-4-5-14-28/h2-3,6-12,15H,4-5,13-14H2,1H3,(H,26,30). The van der Waals surface area contributed by atoms with Crippen molar-refractivity contribution in [3.05, 3.63) is 81.9 Å². The summed E-state index contributed by atoms with van der Waals surface area (Å²) < 4.78 is 1.10. The van der Waals surface area contributed by atoms with E-state index < -0.39 is 4.92 Å². The van der Waals surface area contributed by atoms with Crippen molar-refractivity contribution >= 4 is 44.5 Å². The van der Waals surface area contributed by atoms with Gasteiger partial charge in [-0.15, -0.1) is 11.3 Å². The first-order valence-electron chi connectivity index (χ1n) is 10.8. The molecule has 7 nitrogen and oxygen atoms in total. The van der Waals surface area contributed by atoms with Crippen molar-refractivity contribution in [2.45, 2.75) is 19.8 Å². The highest BCUT2D eigenvalue weighted by Crippen LogP contribution is 2.35. The van der Waals surface area contributed by atoms with Crippen LogP contribution in [0.1, 0.15) is 28.8 Å². The van der Waals surface area contributed by atoms with E-state index in [0.29, 0.717) is 11.4 Å². The topological polar surface area (TPSA) is 88.4 Å². The summed E-state index contributed by atoms with van der Waals surface area (Å²) in [4.78, 5) is 31.0. The average molecular weight is 459 g/mol. The zero-order valence-electron chi connectivity index (χ0n) is 18.1. The summed E-state index contributed by atoms with van der Waals surface area (Å²) in [6.07, 6.45) is 2.04. The van der Waals surface area contributed by atoms with Crippen molar-refractivity contribution < 1.29 is 9.72 Å². The predicted octanol–water partition coefficient (Wildman–Crippen LogP) is 6.03. The van der Waals surface area contributed by atoms with Crippen molar-refractivity contribution in [3.63, 3.8) is 0 Å². The summed E-state index contributed by atoms with van der Waals surface area (Å²) in [6.45, 7) is 3.53. The van der Waals surface area contributed by atoms with Crippen LogP contribution in [0.15, 0.2) is 60.7 Å². The molecule has 3 aromatic carbocycles. The molecule has 0 radical (unpaired) electrons. The minimum absolute atomic E-state index is 0.0375. The Labute approximate surface area is 194 Å². The number of rotatable bonds is 5. The minimum atomic E-state index is -0.413. The first-order chi connectivity index (χ1) is 16.0. The lowest BCUT2D eigenvalue weighted by Gasteiger charge is -2.18. The molecule has 1 N–H and O–H groups in total. The van der Waals surface area contributed by atoms with Crippen LogP contribution >= 0.6 is 11.3 Å². The minimum Gasteiger partial charge on any atom is -0.366 e. The number of fused-ring (bicyclic) bond motifs is 1. The molecule has 0 aliphatic carbocycles. The van der Waals surface area contributed by atoms with Gasteiger partial charge in [0.1, 0.15) is 10.7 Å². The molecule has 1 saturated heterocycles. The lowest BCUT2D eigenvalue weighted by atomic mass is 10.1. The van der Waals surface area contributed by atoms with E-state index >= 15 is 0 Å². The Morgan fingerprint density at radius 1 is 1.09 bits per heavy atom. The fraction of sp³-hybridized carbons (Fsp3) is 0.200. The number of carbonyl (C=O) groups is 1. The van der Waals surface area contributed by atoms with Crippen LogP contribution in [0.3, 0.4) is 0 Å². The summed E-state index contributed by atoms with van der Waals surface area (Å²) in [6, 6.07) is 18.4. The van der Waals surface area contributed by atoms with Crippen molar-refractivity contribution in [3.8, 4) is 10.6 Å². The van der Waals surface area contributed by atoms with Crippen LogP contribution in [-0.2, 0) is 0 Å². The molecule has 1 aliphatic heterocycles. The summed E-state index contributed by atoms with van der Waals surface area (Å²) >= 11 is 1.60. The Morgan fingerprint density at radius 2 is 1.88 bits per heavy atom. The largest absolute Gasteiger partial charge is 0.366 e. The van der Waals surface area contributed by atoms with E-state index in [1.165, 1.54) is 6.07 Å². The molecular weight excluding hydrogens is 436 g/mol. The maximum atomic E-state index is 13.0. The lowest BCUT2D eigenvalue weighted by Crippen LogP contribution is -2.20. The Morgan fingerprint density at radius 3 is 2.64 bits per heavy atom. The third-order valence-electron chi connectivity index (χ3n) is 5.99. The molecule has 0 bridgehead atoms. The summed E-state index contributed by atoms with van der Waals surface area (Å²) in [5.74, 6) is -0.379. The van der Waals surface area contributed by atoms with Crippen LogP contribution in [0.2, 0.25) is 0 Å². The predicted molar refractivity (Wildman–Crippen MR) is 132 cm³/mol. The second kappa shape index (κ2) is 8.63. The van der Waals surface area contributed by atoms with Crippen LogP contribution in [0.25, 0.3) is 20.8 Å². The van der Waals surface area contributed by atoms with Crippen LogP contribution in [0.4, 0.5) is 17.1 Å². The molecule has 0 atom stereocenters. The monoisotopic (exact) mass is 458 g/mol. The number of benzene rings is 3. The third-order valence-corrected chi connectivity index (χ3v) is 7.06. The van der Waals surface area contributed by atoms with Gasteiger partial charge in [-0.3, -0.25) is 14.9 Å². The van der Waals surface area contributed by atoms with E-state index in [1.54, 1.807) is 23.5 Å². The highest BCUT2D eigenvalue weighted by molar-refractivity contribution is 7.21. The third kappa shape index (κ3) is 4.05. The molecule has 0 saturated carbocycles. The van der Waals surface area contributed by atoms with Crippen LogP contribution < -0.4 is 10.2 Å². The molecule has 0 spiro atoms. The van der Waals surface area contributed by atoms with E-state index in [-0.39, 0.29) is 17.2 Å². The van der Waals surface area contributed by atoms with Gasteiger partial charge in [0.15, 0.2) is 0 Å². The summed E-state index contributed by atoms with van der Waals surface area (Å²) in [7, 11) is 0. The number of nitrogens with zero attached hydrogens (tertiary/aromatic N) is 3. The van der Waals surface area contributed by atoms with Gasteiger partial charge in [-0.05, 0) is 55.7 Å². The normalized spacial score (nSPS) is 13.4. The first-order valence-corrected chi connectivity index (χ1v) is 11.6. The summed E-state index contributed by atoms with van der Waals surface area (Å²) in [5, 5.41) is 15.5. The molecule has 166 valence electrons. The van der Waals surface area contributed by atoms with Gasteiger partial charge in [0.05, 0.1) is 15.1 Å². The van der Waals surface area contributed by atoms with E-state index in [4.69, 9.17) is 4.98 Å². The van der Waals surface area contributed by atoms with Gasteiger partial charge < -0.3 is 10.2 Å². The second-order valence-electron chi connectivity index (χ2n) is 8.07. The molecule has 8 heteroatoms. The van der Waals surface area contributed by atoms with Crippen molar-refractivity contribution in [1.29, 1.82) is 0 Å². The maximum absolute atomic E-state index is 13.0. The van der Waals surface area contributed by atoms with Crippen LogP contribution in [0, 0.1) is 17.0 Å². The van der Waals surface area contributed by atoms with Gasteiger partial charge >= 0.3 is 0 Å². The van der Waals surface area contributed by atoms with E-state index in [1.807, 2.05) is 54.3 Å². The zero-order chi connectivity index (χ0) is 22.9. The van der Waals surface area contributed by atoms with E-state index in [0.717, 1.165) is 52.3 Å². The zero-order valence-corrected chi connectivity index (χ0v) is 18.9. The SMILES string of the molecule is Cc1c(NC(=O)c2ccc(N3CCCC3)c([N+](=O)[O-])c2)cccc1-c1nc2ccccc2s1. The van der Waals surface area contributed by atoms with Crippen molar-refractivity contribution in [1.82, 2.24) is 4.98 Å². The number of carbonyl (C=O) groups excluding carboxylic acids is 1. The number of hydrogen-bond acceptors (Lipinski definition) is 6. The van der Waals surface area contributed by atoms with Gasteiger partial charge in [0.25, 0.3) is 11.6 Å². The van der Waals surface area contributed by atoms with Gasteiger partial charge in [0.2, 0.25) is 0 Å². The Kier molecular flexibility index (Phi) is 5.51. The van der Waals surface area contributed by atoms with E-state index in [2.05, 4.69) is 5.32 Å². The Bertz CT molecular complexity index is 1340. The number of nitrogens with one attached hydrogen (secondary N) is 1. The first kappa shape index (κ1) is 21.1. The smallest absolute Gasteiger partial charge is 0.293 e. The van der Waals surface area contributed by atoms with E-state index in [9.17, 15) is 14.9 Å². The summed E-state index contributed by atoms with van der Waals surface area (Å²) in [5.41, 5.74) is 4.24. The number of hydrogen-bond donors (Lipinski definition) is 1. The van der Waals surface area contributed by atoms with Gasteiger partial charge in [-0.25, -0.2) is 4.98 Å². The number of amides is 1. The lowest BCUT2D eigenvalue weighted by molar-refractivity contribution is -0.384. The number of para-hydroxylation sites is 1. The molecule has 1 aliphatic rings. The second-order valence-corrected chi connectivity index (χ2v) is 9.10. The molecule has 2 heterocycles. The van der Waals surface area contributed by atoms with Gasteiger partial charge in [0, 0.05) is 36.0 Å². The molecule has 33 heavy (non-hydrogen) atoms. The number of anilines is 2. The average Bonchev–Trinajstić information content (AvgIpc) is 3.50. The fourth-order valence-electron chi connectivity index (χ4n) is 4.22. The number of thiazole rings is 1. The van der Waals surface area contributed by atoms with Crippen LogP contribution in [0.5, 0.6) is 0 Å². The van der Waals surface area contributed by atoms with Crippen molar-refractivity contribution in [2.75, 3.05) is 23.3 Å². The maximum Gasteiger partial charge on any atom is 0.293 e. The highest BCUT2D eigenvalue weighted by atomic mass is 32.1. The highest BCUT2D eigenvalue weighted by Gasteiger charge is 2.24. The number of nitro groups is 1. The Hall–Kier alpha value is -3.78. The molecule has 1 fully saturated rings. The van der Waals surface area contributed by atoms with Crippen LogP contribution in [-0.4, -0.2) is 28.9 Å². The molecule has 0 unspecified atom stereocenters. The van der Waals surface area contributed by atoms with Crippen molar-refractivity contribution in [2.24, 2.45) is 0 Å². The Balaban J connectivity index is 1.43. The molecule has 5 rings (SSSR count). The van der Waals surface area contributed by atoms with Gasteiger partial charge in [-0.1, -0.05) is 24.3 Å². The molecule has 4 aromatic rings.